The zero-order valence-electron chi connectivity index (χ0n) is 12.8. The molecule has 23 heavy (non-hydrogen) atoms. The molecule has 1 atom stereocenters. The van der Waals surface area contributed by atoms with Gasteiger partial charge in [0, 0.05) is 24.3 Å². The Morgan fingerprint density at radius 2 is 1.74 bits per heavy atom. The number of primary amides is 1. The number of carbonyl (C=O) groups is 1. The van der Waals surface area contributed by atoms with Gasteiger partial charge in [-0.05, 0) is 23.8 Å². The van der Waals surface area contributed by atoms with E-state index in [0.717, 1.165) is 37.6 Å². The fourth-order valence-electron chi connectivity index (χ4n) is 2.93. The number of aromatic hydroxyl groups is 1. The first-order valence-corrected chi connectivity index (χ1v) is 7.66. The van der Waals surface area contributed by atoms with E-state index in [0.29, 0.717) is 5.56 Å². The quantitative estimate of drug-likeness (QED) is 0.903. The summed E-state index contributed by atoms with van der Waals surface area (Å²) >= 11 is 0. The van der Waals surface area contributed by atoms with E-state index in [1.54, 1.807) is 24.3 Å². The Balaban J connectivity index is 1.89. The van der Waals surface area contributed by atoms with Crippen LogP contribution in [-0.2, 0) is 9.53 Å². The van der Waals surface area contributed by atoms with Crippen molar-refractivity contribution in [3.05, 3.63) is 59.7 Å². The molecule has 1 amide bonds. The number of nitrogens with zero attached hydrogens (tertiary/aromatic N) is 1. The molecular formula is C18H20N2O3. The summed E-state index contributed by atoms with van der Waals surface area (Å²) in [6.07, 6.45) is 0. The summed E-state index contributed by atoms with van der Waals surface area (Å²) in [6, 6.07) is 14.5. The second-order valence-electron chi connectivity index (χ2n) is 5.59. The van der Waals surface area contributed by atoms with Gasteiger partial charge < -0.3 is 20.5 Å². The molecule has 3 rings (SSSR count). The normalized spacial score (nSPS) is 16.1. The molecule has 2 aromatic carbocycles. The summed E-state index contributed by atoms with van der Waals surface area (Å²) in [5.41, 5.74) is 7.97. The van der Waals surface area contributed by atoms with Crippen LogP contribution < -0.4 is 10.6 Å². The van der Waals surface area contributed by atoms with Crippen LogP contribution in [0, 0.1) is 0 Å². The van der Waals surface area contributed by atoms with Crippen molar-refractivity contribution in [3.8, 4) is 5.75 Å². The van der Waals surface area contributed by atoms with Gasteiger partial charge in [-0.25, -0.2) is 0 Å². The highest BCUT2D eigenvalue weighted by Crippen LogP contribution is 2.32. The number of benzene rings is 2. The van der Waals surface area contributed by atoms with E-state index >= 15 is 0 Å². The molecule has 1 unspecified atom stereocenters. The van der Waals surface area contributed by atoms with Crippen molar-refractivity contribution in [2.45, 2.75) is 5.92 Å². The first kappa shape index (κ1) is 15.4. The molecular weight excluding hydrogens is 292 g/mol. The van der Waals surface area contributed by atoms with Crippen LogP contribution in [0.1, 0.15) is 17.0 Å². The maximum absolute atomic E-state index is 11.9. The molecule has 0 spiro atoms. The summed E-state index contributed by atoms with van der Waals surface area (Å²) in [5, 5.41) is 10.0. The minimum atomic E-state index is -0.657. The van der Waals surface area contributed by atoms with Crippen molar-refractivity contribution in [1.82, 2.24) is 0 Å². The van der Waals surface area contributed by atoms with Crippen molar-refractivity contribution < 1.29 is 14.6 Å². The predicted molar refractivity (Wildman–Crippen MR) is 88.6 cm³/mol. The lowest BCUT2D eigenvalue weighted by Gasteiger charge is -2.29. The van der Waals surface area contributed by atoms with Gasteiger partial charge in [0.15, 0.2) is 0 Å². The molecule has 5 nitrogen and oxygen atoms in total. The molecule has 1 fully saturated rings. The predicted octanol–water partition coefficient (Wildman–Crippen LogP) is 1.85. The van der Waals surface area contributed by atoms with E-state index in [-0.39, 0.29) is 5.75 Å². The first-order valence-electron chi connectivity index (χ1n) is 7.66. The first-order chi connectivity index (χ1) is 11.2. The Kier molecular flexibility index (Phi) is 4.48. The van der Waals surface area contributed by atoms with Crippen LogP contribution in [0.25, 0.3) is 0 Å². The third-order valence-electron chi connectivity index (χ3n) is 4.13. The number of morpholine rings is 1. The molecule has 1 aliphatic heterocycles. The Labute approximate surface area is 135 Å². The van der Waals surface area contributed by atoms with E-state index in [2.05, 4.69) is 4.90 Å². The average Bonchev–Trinajstić information content (AvgIpc) is 2.58. The number of amides is 1. The lowest BCUT2D eigenvalue weighted by atomic mass is 9.90. The van der Waals surface area contributed by atoms with E-state index in [4.69, 9.17) is 10.5 Å². The van der Waals surface area contributed by atoms with Crippen molar-refractivity contribution in [1.29, 1.82) is 0 Å². The van der Waals surface area contributed by atoms with E-state index < -0.39 is 11.8 Å². The molecule has 0 radical (unpaired) electrons. The number of hydrogen-bond acceptors (Lipinski definition) is 4. The third kappa shape index (κ3) is 3.29. The lowest BCUT2D eigenvalue weighted by molar-refractivity contribution is -0.118. The topological polar surface area (TPSA) is 75.8 Å². The number of nitrogens with two attached hydrogens (primary N) is 1. The van der Waals surface area contributed by atoms with Gasteiger partial charge in [0.2, 0.25) is 5.91 Å². The second kappa shape index (κ2) is 6.71. The smallest absolute Gasteiger partial charge is 0.229 e. The van der Waals surface area contributed by atoms with Crippen molar-refractivity contribution in [3.63, 3.8) is 0 Å². The summed E-state index contributed by atoms with van der Waals surface area (Å²) in [7, 11) is 0. The molecule has 1 saturated heterocycles. The standard InChI is InChI=1S/C18H20N2O3/c19-18(22)17(15-3-1-2-4-16(15)21)13-5-7-14(8-6-13)20-9-11-23-12-10-20/h1-8,17,21H,9-12H2,(H2,19,22). The van der Waals surface area contributed by atoms with Crippen molar-refractivity contribution >= 4 is 11.6 Å². The fourth-order valence-corrected chi connectivity index (χ4v) is 2.93. The van der Waals surface area contributed by atoms with Gasteiger partial charge in [0.1, 0.15) is 5.75 Å². The number of rotatable bonds is 4. The highest BCUT2D eigenvalue weighted by atomic mass is 16.5. The van der Waals surface area contributed by atoms with Gasteiger partial charge in [-0.2, -0.15) is 0 Å². The zero-order chi connectivity index (χ0) is 16.2. The number of phenolic OH excluding ortho intramolecular Hbond substituents is 1. The van der Waals surface area contributed by atoms with Crippen molar-refractivity contribution in [2.75, 3.05) is 31.2 Å². The molecule has 0 saturated carbocycles. The third-order valence-corrected chi connectivity index (χ3v) is 4.13. The summed E-state index contributed by atoms with van der Waals surface area (Å²) < 4.78 is 5.35. The summed E-state index contributed by atoms with van der Waals surface area (Å²) in [6.45, 7) is 3.17. The highest BCUT2D eigenvalue weighted by molar-refractivity contribution is 5.86. The average molecular weight is 312 g/mol. The van der Waals surface area contributed by atoms with Gasteiger partial charge >= 0.3 is 0 Å². The molecule has 0 bridgehead atoms. The summed E-state index contributed by atoms with van der Waals surface area (Å²) in [4.78, 5) is 14.2. The Hall–Kier alpha value is -2.53. The maximum Gasteiger partial charge on any atom is 0.229 e. The van der Waals surface area contributed by atoms with Gasteiger partial charge in [-0.1, -0.05) is 30.3 Å². The van der Waals surface area contributed by atoms with Crippen LogP contribution in [0.15, 0.2) is 48.5 Å². The zero-order valence-corrected chi connectivity index (χ0v) is 12.8. The number of para-hydroxylation sites is 1. The number of phenols is 1. The number of carbonyl (C=O) groups excluding carboxylic acids is 1. The van der Waals surface area contributed by atoms with E-state index in [1.807, 2.05) is 24.3 Å². The molecule has 120 valence electrons. The minimum Gasteiger partial charge on any atom is -0.508 e. The minimum absolute atomic E-state index is 0.0774. The number of hydrogen-bond donors (Lipinski definition) is 2. The van der Waals surface area contributed by atoms with Crippen LogP contribution in [0.2, 0.25) is 0 Å². The molecule has 1 heterocycles. The molecule has 0 aromatic heterocycles. The van der Waals surface area contributed by atoms with Gasteiger partial charge in [0.05, 0.1) is 19.1 Å². The van der Waals surface area contributed by atoms with Crippen LogP contribution in [0.4, 0.5) is 5.69 Å². The Morgan fingerprint density at radius 3 is 2.35 bits per heavy atom. The van der Waals surface area contributed by atoms with Crippen LogP contribution in [-0.4, -0.2) is 37.3 Å². The van der Waals surface area contributed by atoms with Gasteiger partial charge in [-0.3, -0.25) is 4.79 Å². The van der Waals surface area contributed by atoms with E-state index in [9.17, 15) is 9.90 Å². The fraction of sp³-hybridized carbons (Fsp3) is 0.278. The Bertz CT molecular complexity index is 679. The molecule has 5 heteroatoms. The van der Waals surface area contributed by atoms with Crippen molar-refractivity contribution in [2.24, 2.45) is 5.73 Å². The molecule has 0 aliphatic carbocycles. The molecule has 3 N–H and O–H groups in total. The molecule has 1 aliphatic rings. The van der Waals surface area contributed by atoms with E-state index in [1.165, 1.54) is 0 Å². The monoisotopic (exact) mass is 312 g/mol. The number of anilines is 1. The number of ether oxygens (including phenoxy) is 1. The van der Waals surface area contributed by atoms with Gasteiger partial charge in [-0.15, -0.1) is 0 Å². The van der Waals surface area contributed by atoms with Crippen LogP contribution >= 0.6 is 0 Å². The SMILES string of the molecule is NC(=O)C(c1ccc(N2CCOCC2)cc1)c1ccccc1O. The lowest BCUT2D eigenvalue weighted by Crippen LogP contribution is -2.36. The Morgan fingerprint density at radius 1 is 1.09 bits per heavy atom. The maximum atomic E-state index is 11.9. The second-order valence-corrected chi connectivity index (χ2v) is 5.59. The molecule has 2 aromatic rings. The summed E-state index contributed by atoms with van der Waals surface area (Å²) in [5.74, 6) is -1.06. The highest BCUT2D eigenvalue weighted by Gasteiger charge is 2.23. The van der Waals surface area contributed by atoms with Crippen LogP contribution in [0.3, 0.4) is 0 Å². The largest absolute Gasteiger partial charge is 0.508 e. The van der Waals surface area contributed by atoms with Crippen LogP contribution in [0.5, 0.6) is 5.75 Å². The van der Waals surface area contributed by atoms with Gasteiger partial charge in [0.25, 0.3) is 0 Å².